The lowest BCUT2D eigenvalue weighted by Crippen LogP contribution is -2.31. The van der Waals surface area contributed by atoms with E-state index in [1.807, 2.05) is 32.0 Å². The van der Waals surface area contributed by atoms with E-state index in [0.717, 1.165) is 31.2 Å². The third-order valence-electron chi connectivity index (χ3n) is 5.50. The smallest absolute Gasteiger partial charge is 0.421 e. The van der Waals surface area contributed by atoms with Gasteiger partial charge in [-0.05, 0) is 56.2 Å². The van der Waals surface area contributed by atoms with Crippen LogP contribution in [0.5, 0.6) is 5.75 Å². The summed E-state index contributed by atoms with van der Waals surface area (Å²) >= 11 is 0. The third-order valence-corrected chi connectivity index (χ3v) is 5.50. The molecule has 0 amide bonds. The molecule has 0 aliphatic rings. The van der Waals surface area contributed by atoms with E-state index in [1.54, 1.807) is 41.3 Å². The zero-order valence-corrected chi connectivity index (χ0v) is 19.8. The molecule has 1 N–H and O–H groups in total. The molecule has 1 atom stereocenters. The van der Waals surface area contributed by atoms with Gasteiger partial charge in [0.2, 0.25) is 5.95 Å². The van der Waals surface area contributed by atoms with Gasteiger partial charge < -0.3 is 15.0 Å². The summed E-state index contributed by atoms with van der Waals surface area (Å²) in [6, 6.07) is 16.0. The number of alkyl halides is 3. The van der Waals surface area contributed by atoms with Crippen molar-refractivity contribution < 1.29 is 17.9 Å². The summed E-state index contributed by atoms with van der Waals surface area (Å²) < 4.78 is 47.4. The Labute approximate surface area is 199 Å². The first-order chi connectivity index (χ1) is 16.3. The minimum atomic E-state index is -4.59. The molecular weight excluding hydrogens is 441 g/mol. The number of para-hydroxylation sites is 1. The van der Waals surface area contributed by atoms with Crippen LogP contribution in [-0.4, -0.2) is 22.6 Å². The van der Waals surface area contributed by atoms with Crippen LogP contribution >= 0.6 is 0 Å². The molecular formula is C26H31F3N4O. The van der Waals surface area contributed by atoms with Crippen molar-refractivity contribution in [3.05, 3.63) is 66.4 Å². The lowest BCUT2D eigenvalue weighted by Gasteiger charge is -2.31. The summed E-state index contributed by atoms with van der Waals surface area (Å²) in [7, 11) is 0. The van der Waals surface area contributed by atoms with Crippen LogP contribution in [0.25, 0.3) is 0 Å². The number of hydrogen-bond acceptors (Lipinski definition) is 5. The number of ether oxygens (including phenoxy) is 1. The Kier molecular flexibility index (Phi) is 8.73. The fraction of sp³-hybridized carbons (Fsp3) is 0.385. The van der Waals surface area contributed by atoms with Gasteiger partial charge in [0.05, 0.1) is 6.61 Å². The lowest BCUT2D eigenvalue weighted by molar-refractivity contribution is -0.137. The van der Waals surface area contributed by atoms with Crippen molar-refractivity contribution in [3.8, 4) is 5.75 Å². The lowest BCUT2D eigenvalue weighted by atomic mass is 10.1. The second-order valence-electron chi connectivity index (χ2n) is 8.10. The highest BCUT2D eigenvalue weighted by Crippen LogP contribution is 2.39. The summed E-state index contributed by atoms with van der Waals surface area (Å²) in [5.41, 5.74) is 0.413. The molecule has 34 heavy (non-hydrogen) atoms. The van der Waals surface area contributed by atoms with Gasteiger partial charge in [-0.2, -0.15) is 18.2 Å². The molecule has 1 heterocycles. The maximum atomic E-state index is 13.9. The first-order valence-corrected chi connectivity index (χ1v) is 11.6. The SMILES string of the molecule is CCCCCOc1ccc(Nc2ncc(C(F)(F)F)c(N(c3ccccc3)C(C)CC)n2)cc1. The number of aromatic nitrogens is 2. The van der Waals surface area contributed by atoms with Crippen molar-refractivity contribution in [3.63, 3.8) is 0 Å². The van der Waals surface area contributed by atoms with Gasteiger partial charge >= 0.3 is 6.18 Å². The van der Waals surface area contributed by atoms with Gasteiger partial charge in [0.1, 0.15) is 11.3 Å². The molecule has 0 saturated carbocycles. The van der Waals surface area contributed by atoms with E-state index < -0.39 is 11.7 Å². The van der Waals surface area contributed by atoms with Gasteiger partial charge in [-0.25, -0.2) is 4.98 Å². The fourth-order valence-electron chi connectivity index (χ4n) is 3.48. The number of nitrogens with zero attached hydrogens (tertiary/aromatic N) is 3. The number of benzene rings is 2. The molecule has 0 radical (unpaired) electrons. The Morgan fingerprint density at radius 2 is 1.71 bits per heavy atom. The molecule has 3 aromatic rings. The molecule has 1 unspecified atom stereocenters. The summed E-state index contributed by atoms with van der Waals surface area (Å²) in [5.74, 6) is 0.646. The zero-order valence-electron chi connectivity index (χ0n) is 19.8. The fourth-order valence-corrected chi connectivity index (χ4v) is 3.48. The first kappa shape index (κ1) is 25.3. The van der Waals surface area contributed by atoms with Crippen LogP contribution in [-0.2, 0) is 6.18 Å². The number of hydrogen-bond donors (Lipinski definition) is 1. The van der Waals surface area contributed by atoms with Crippen LogP contribution in [0.4, 0.5) is 36.3 Å². The minimum absolute atomic E-state index is 0.0869. The second kappa shape index (κ2) is 11.7. The van der Waals surface area contributed by atoms with Gasteiger partial charge in [-0.15, -0.1) is 0 Å². The van der Waals surface area contributed by atoms with Crippen LogP contribution in [0.3, 0.4) is 0 Å². The Morgan fingerprint density at radius 3 is 2.32 bits per heavy atom. The van der Waals surface area contributed by atoms with Crippen LogP contribution in [0.1, 0.15) is 52.0 Å². The highest BCUT2D eigenvalue weighted by atomic mass is 19.4. The van der Waals surface area contributed by atoms with Crippen molar-refractivity contribution in [2.24, 2.45) is 0 Å². The van der Waals surface area contributed by atoms with Crippen LogP contribution in [0.15, 0.2) is 60.8 Å². The molecule has 0 bridgehead atoms. The molecule has 0 saturated heterocycles. The molecule has 5 nitrogen and oxygen atoms in total. The van der Waals surface area contributed by atoms with Gasteiger partial charge in [0, 0.05) is 23.6 Å². The molecule has 0 aliphatic carbocycles. The van der Waals surface area contributed by atoms with Crippen molar-refractivity contribution in [1.82, 2.24) is 9.97 Å². The molecule has 8 heteroatoms. The normalized spacial score (nSPS) is 12.3. The Balaban J connectivity index is 1.90. The first-order valence-electron chi connectivity index (χ1n) is 11.6. The third kappa shape index (κ3) is 6.62. The minimum Gasteiger partial charge on any atom is -0.494 e. The van der Waals surface area contributed by atoms with Crippen LogP contribution in [0, 0.1) is 0 Å². The highest BCUT2D eigenvalue weighted by molar-refractivity contribution is 5.66. The van der Waals surface area contributed by atoms with E-state index in [4.69, 9.17) is 4.74 Å². The molecule has 3 rings (SSSR count). The van der Waals surface area contributed by atoms with E-state index in [0.29, 0.717) is 24.4 Å². The Hall–Kier alpha value is -3.29. The van der Waals surface area contributed by atoms with Crippen LogP contribution in [0.2, 0.25) is 0 Å². The average molecular weight is 473 g/mol. The topological polar surface area (TPSA) is 50.3 Å². The van der Waals surface area contributed by atoms with E-state index in [1.165, 1.54) is 0 Å². The summed E-state index contributed by atoms with van der Waals surface area (Å²) in [6.07, 6.45) is 0.120. The molecule has 0 spiro atoms. The Bertz CT molecular complexity index is 1030. The molecule has 2 aromatic carbocycles. The monoisotopic (exact) mass is 472 g/mol. The maximum Gasteiger partial charge on any atom is 0.421 e. The van der Waals surface area contributed by atoms with E-state index in [9.17, 15) is 13.2 Å². The molecule has 0 fully saturated rings. The molecule has 1 aromatic heterocycles. The van der Waals surface area contributed by atoms with Crippen molar-refractivity contribution in [2.45, 2.75) is 58.7 Å². The summed E-state index contributed by atoms with van der Waals surface area (Å²) in [6.45, 7) is 6.59. The second-order valence-corrected chi connectivity index (χ2v) is 8.10. The van der Waals surface area contributed by atoms with E-state index in [-0.39, 0.29) is 17.8 Å². The van der Waals surface area contributed by atoms with Crippen molar-refractivity contribution in [2.75, 3.05) is 16.8 Å². The van der Waals surface area contributed by atoms with Gasteiger partial charge in [0.25, 0.3) is 0 Å². The van der Waals surface area contributed by atoms with Crippen LogP contribution < -0.4 is 15.0 Å². The quantitative estimate of drug-likeness (QED) is 0.289. The largest absolute Gasteiger partial charge is 0.494 e. The number of rotatable bonds is 11. The maximum absolute atomic E-state index is 13.9. The van der Waals surface area contributed by atoms with Gasteiger partial charge in [-0.3, -0.25) is 0 Å². The van der Waals surface area contributed by atoms with Gasteiger partial charge in [0.15, 0.2) is 5.82 Å². The summed E-state index contributed by atoms with van der Waals surface area (Å²) in [5, 5.41) is 3.02. The zero-order chi connectivity index (χ0) is 24.6. The highest BCUT2D eigenvalue weighted by Gasteiger charge is 2.38. The number of unbranched alkanes of at least 4 members (excludes halogenated alkanes) is 2. The van der Waals surface area contributed by atoms with E-state index in [2.05, 4.69) is 22.2 Å². The van der Waals surface area contributed by atoms with Crippen molar-refractivity contribution >= 4 is 23.1 Å². The molecule has 0 aliphatic heterocycles. The molecule has 182 valence electrons. The van der Waals surface area contributed by atoms with E-state index >= 15 is 0 Å². The Morgan fingerprint density at radius 1 is 1.00 bits per heavy atom. The predicted molar refractivity (Wildman–Crippen MR) is 130 cm³/mol. The van der Waals surface area contributed by atoms with Gasteiger partial charge in [-0.1, -0.05) is 44.9 Å². The number of halogens is 3. The van der Waals surface area contributed by atoms with Crippen molar-refractivity contribution in [1.29, 1.82) is 0 Å². The standard InChI is InChI=1S/C26H31F3N4O/c1-4-6-10-17-34-22-15-13-20(14-16-22)31-25-30-18-23(26(27,28)29)24(32-25)33(19(3)5-2)21-11-8-7-9-12-21/h7-9,11-16,18-19H,4-6,10,17H2,1-3H3,(H,30,31,32). The number of anilines is 4. The predicted octanol–water partition coefficient (Wildman–Crippen LogP) is 7.74. The number of nitrogens with one attached hydrogen (secondary N) is 1. The summed E-state index contributed by atoms with van der Waals surface area (Å²) in [4.78, 5) is 9.89. The average Bonchev–Trinajstić information content (AvgIpc) is 2.83.